The number of nitrogens with one attached hydrogen (secondary N) is 2. The molecule has 5 nitrogen and oxygen atoms in total. The van der Waals surface area contributed by atoms with Crippen LogP contribution in [0, 0.1) is 11.6 Å². The first-order valence-electron chi connectivity index (χ1n) is 10.6. The Kier molecular flexibility index (Phi) is 8.83. The molecule has 0 saturated heterocycles. The second-order valence-electron chi connectivity index (χ2n) is 7.46. The van der Waals surface area contributed by atoms with Gasteiger partial charge in [-0.3, -0.25) is 4.79 Å². The smallest absolute Gasteiger partial charge is 0.331 e. The standard InChI is InChI=1S/C25H25F2N3O2S/c26-19-11-9-18(10-12-19)6-2-1-5-17-28-25(32)30(33)21-15-13-20(14-16-21)29-24(31)22-7-3-4-8-23(22)27/h3-4,7-16,33H,1-2,5-6,17H2,(H,28,32)(H,29,31). The van der Waals surface area contributed by atoms with Gasteiger partial charge in [-0.25, -0.2) is 17.9 Å². The Balaban J connectivity index is 1.39. The minimum atomic E-state index is -0.597. The van der Waals surface area contributed by atoms with Gasteiger partial charge in [0.15, 0.2) is 0 Å². The summed E-state index contributed by atoms with van der Waals surface area (Å²) in [5.41, 5.74) is 2.04. The van der Waals surface area contributed by atoms with Crippen molar-refractivity contribution in [1.82, 2.24) is 5.32 Å². The summed E-state index contributed by atoms with van der Waals surface area (Å²) < 4.78 is 27.8. The Morgan fingerprint density at radius 3 is 2.24 bits per heavy atom. The maximum atomic E-state index is 13.7. The van der Waals surface area contributed by atoms with E-state index >= 15 is 0 Å². The maximum Gasteiger partial charge on any atom is 0.331 e. The quantitative estimate of drug-likeness (QED) is 0.266. The van der Waals surface area contributed by atoms with Crippen molar-refractivity contribution in [3.8, 4) is 0 Å². The van der Waals surface area contributed by atoms with Crippen LogP contribution < -0.4 is 14.9 Å². The second kappa shape index (κ2) is 12.0. The van der Waals surface area contributed by atoms with E-state index in [1.165, 1.54) is 34.6 Å². The number of anilines is 2. The van der Waals surface area contributed by atoms with Crippen molar-refractivity contribution in [2.24, 2.45) is 0 Å². The van der Waals surface area contributed by atoms with E-state index in [0.717, 1.165) is 31.2 Å². The van der Waals surface area contributed by atoms with Gasteiger partial charge < -0.3 is 10.6 Å². The summed E-state index contributed by atoms with van der Waals surface area (Å²) in [6, 6.07) is 18.3. The largest absolute Gasteiger partial charge is 0.337 e. The van der Waals surface area contributed by atoms with Gasteiger partial charge in [-0.2, -0.15) is 0 Å². The van der Waals surface area contributed by atoms with Crippen LogP contribution in [0.4, 0.5) is 25.0 Å². The molecule has 3 aromatic carbocycles. The first-order valence-corrected chi connectivity index (χ1v) is 11.0. The van der Waals surface area contributed by atoms with Gasteiger partial charge in [0.05, 0.1) is 11.3 Å². The molecule has 3 rings (SSSR count). The first kappa shape index (κ1) is 24.3. The summed E-state index contributed by atoms with van der Waals surface area (Å²) in [6.07, 6.45) is 3.56. The molecule has 0 spiro atoms. The molecule has 0 aromatic heterocycles. The number of carbonyl (C=O) groups is 2. The average molecular weight is 470 g/mol. The molecule has 0 fully saturated rings. The molecule has 33 heavy (non-hydrogen) atoms. The molecule has 0 aliphatic heterocycles. The molecule has 0 aliphatic rings. The SMILES string of the molecule is O=C(Nc1ccc(N(S)C(=O)NCCCCCc2ccc(F)cc2)cc1)c1ccccc1F. The normalized spacial score (nSPS) is 10.5. The topological polar surface area (TPSA) is 61.4 Å². The molecule has 172 valence electrons. The summed E-state index contributed by atoms with van der Waals surface area (Å²) in [7, 11) is 0. The lowest BCUT2D eigenvalue weighted by Crippen LogP contribution is -2.34. The molecule has 0 atom stereocenters. The van der Waals surface area contributed by atoms with Crippen molar-refractivity contribution in [3.05, 3.63) is 95.6 Å². The summed E-state index contributed by atoms with van der Waals surface area (Å²) in [5.74, 6) is -1.39. The maximum absolute atomic E-state index is 13.7. The lowest BCUT2D eigenvalue weighted by Gasteiger charge is -2.17. The molecule has 0 heterocycles. The van der Waals surface area contributed by atoms with E-state index in [1.54, 1.807) is 42.5 Å². The number of unbranched alkanes of at least 4 members (excludes halogenated alkanes) is 2. The highest BCUT2D eigenvalue weighted by Crippen LogP contribution is 2.20. The fourth-order valence-corrected chi connectivity index (χ4v) is 3.40. The molecule has 0 aliphatic carbocycles. The summed E-state index contributed by atoms with van der Waals surface area (Å²) in [4.78, 5) is 24.5. The van der Waals surface area contributed by atoms with Crippen molar-refractivity contribution in [3.63, 3.8) is 0 Å². The van der Waals surface area contributed by atoms with Crippen LogP contribution >= 0.6 is 12.8 Å². The number of rotatable bonds is 9. The van der Waals surface area contributed by atoms with E-state index in [0.29, 0.717) is 17.9 Å². The van der Waals surface area contributed by atoms with Crippen molar-refractivity contribution >= 4 is 36.1 Å². The van der Waals surface area contributed by atoms with Crippen LogP contribution in [-0.4, -0.2) is 18.5 Å². The number of hydrogen-bond acceptors (Lipinski definition) is 3. The number of urea groups is 1. The molecular weight excluding hydrogens is 444 g/mol. The van der Waals surface area contributed by atoms with Crippen molar-refractivity contribution in [2.45, 2.75) is 25.7 Å². The zero-order valence-electron chi connectivity index (χ0n) is 17.9. The fourth-order valence-electron chi connectivity index (χ4n) is 3.20. The Morgan fingerprint density at radius 1 is 0.848 bits per heavy atom. The third-order valence-corrected chi connectivity index (χ3v) is 5.42. The molecule has 0 radical (unpaired) electrons. The number of aryl methyl sites for hydroxylation is 1. The van der Waals surface area contributed by atoms with Crippen molar-refractivity contribution in [2.75, 3.05) is 16.2 Å². The molecule has 2 N–H and O–H groups in total. The molecular formula is C25H25F2N3O2S. The minimum Gasteiger partial charge on any atom is -0.337 e. The number of hydrogen-bond donors (Lipinski definition) is 3. The van der Waals surface area contributed by atoms with Crippen molar-refractivity contribution in [1.29, 1.82) is 0 Å². The Labute approximate surface area is 197 Å². The highest BCUT2D eigenvalue weighted by molar-refractivity contribution is 7.82. The molecule has 0 bridgehead atoms. The summed E-state index contributed by atoms with van der Waals surface area (Å²) in [6.45, 7) is 0.510. The van der Waals surface area contributed by atoms with Gasteiger partial charge in [-0.15, -0.1) is 0 Å². The van der Waals surface area contributed by atoms with Crippen LogP contribution in [0.25, 0.3) is 0 Å². The van der Waals surface area contributed by atoms with Crippen LogP contribution in [-0.2, 0) is 6.42 Å². The highest BCUT2D eigenvalue weighted by atomic mass is 32.1. The number of nitrogens with zero attached hydrogens (tertiary/aromatic N) is 1. The number of thiol groups is 1. The second-order valence-corrected chi connectivity index (χ2v) is 7.86. The van der Waals surface area contributed by atoms with Crippen molar-refractivity contribution < 1.29 is 18.4 Å². The third-order valence-electron chi connectivity index (χ3n) is 5.01. The fraction of sp³-hybridized carbons (Fsp3) is 0.200. The van der Waals surface area contributed by atoms with Crippen LogP contribution in [0.15, 0.2) is 72.8 Å². The Hall–Kier alpha value is -3.39. The minimum absolute atomic E-state index is 0.0468. The molecule has 3 aromatic rings. The monoisotopic (exact) mass is 469 g/mol. The lowest BCUT2D eigenvalue weighted by atomic mass is 10.1. The summed E-state index contributed by atoms with van der Waals surface area (Å²) in [5, 5.41) is 5.43. The molecule has 3 amide bonds. The van der Waals surface area contributed by atoms with Gasteiger partial charge in [-0.1, -0.05) is 43.5 Å². The number of amides is 3. The predicted octanol–water partition coefficient (Wildman–Crippen LogP) is 5.99. The van der Waals surface area contributed by atoms with Gasteiger partial charge in [0.2, 0.25) is 0 Å². The predicted molar refractivity (Wildman–Crippen MR) is 130 cm³/mol. The number of benzene rings is 3. The van der Waals surface area contributed by atoms with E-state index in [4.69, 9.17) is 0 Å². The van der Waals surface area contributed by atoms with Gasteiger partial charge >= 0.3 is 6.03 Å². The molecule has 0 unspecified atom stereocenters. The lowest BCUT2D eigenvalue weighted by molar-refractivity contribution is 0.102. The van der Waals surface area contributed by atoms with Crippen LogP contribution in [0.5, 0.6) is 0 Å². The van der Waals surface area contributed by atoms with Gasteiger partial charge in [0.25, 0.3) is 5.91 Å². The van der Waals surface area contributed by atoms with E-state index < -0.39 is 11.7 Å². The zero-order valence-corrected chi connectivity index (χ0v) is 18.8. The van der Waals surface area contributed by atoms with E-state index in [1.807, 2.05) is 0 Å². The third kappa shape index (κ3) is 7.32. The van der Waals surface area contributed by atoms with E-state index in [-0.39, 0.29) is 17.4 Å². The van der Waals surface area contributed by atoms with Gasteiger partial charge in [0.1, 0.15) is 11.6 Å². The zero-order chi connectivity index (χ0) is 23.6. The number of carbonyl (C=O) groups excluding carboxylic acids is 2. The summed E-state index contributed by atoms with van der Waals surface area (Å²) >= 11 is 4.24. The molecule has 0 saturated carbocycles. The highest BCUT2D eigenvalue weighted by Gasteiger charge is 2.13. The average Bonchev–Trinajstić information content (AvgIpc) is 2.82. The van der Waals surface area contributed by atoms with E-state index in [2.05, 4.69) is 23.4 Å². The number of halogens is 2. The first-order chi connectivity index (χ1) is 15.9. The van der Waals surface area contributed by atoms with Crippen LogP contribution in [0.2, 0.25) is 0 Å². The van der Waals surface area contributed by atoms with Crippen LogP contribution in [0.1, 0.15) is 35.2 Å². The van der Waals surface area contributed by atoms with E-state index in [9.17, 15) is 18.4 Å². The van der Waals surface area contributed by atoms with Crippen LogP contribution in [0.3, 0.4) is 0 Å². The van der Waals surface area contributed by atoms with Gasteiger partial charge in [-0.05, 0) is 73.4 Å². The Bertz CT molecular complexity index is 1080. The van der Waals surface area contributed by atoms with Gasteiger partial charge in [0, 0.05) is 12.2 Å². The molecule has 8 heteroatoms. The Morgan fingerprint density at radius 2 is 1.55 bits per heavy atom.